The van der Waals surface area contributed by atoms with Crippen LogP contribution in [0, 0.1) is 0 Å². The van der Waals surface area contributed by atoms with Gasteiger partial charge in [-0.2, -0.15) is 5.10 Å². The third kappa shape index (κ3) is 4.19. The van der Waals surface area contributed by atoms with E-state index in [1.165, 1.54) is 6.07 Å². The maximum absolute atomic E-state index is 13.4. The predicted octanol–water partition coefficient (Wildman–Crippen LogP) is 3.08. The highest BCUT2D eigenvalue weighted by Crippen LogP contribution is 2.32. The molecular formula is C25H28N4O5. The molecule has 0 spiro atoms. The summed E-state index contributed by atoms with van der Waals surface area (Å²) in [5.41, 5.74) is 3.02. The number of aromatic nitrogens is 2. The number of aromatic hydroxyl groups is 1. The number of phenolic OH excluding ortho intramolecular Hbond substituents is 1. The van der Waals surface area contributed by atoms with Crippen molar-refractivity contribution in [3.63, 3.8) is 0 Å². The lowest BCUT2D eigenvalue weighted by Crippen LogP contribution is -2.35. The molecule has 2 aliphatic heterocycles. The van der Waals surface area contributed by atoms with Crippen LogP contribution in [-0.4, -0.2) is 70.3 Å². The number of likely N-dealkylation sites (tertiary alicyclic amines) is 1. The minimum Gasteiger partial charge on any atom is -0.507 e. The number of nitrogens with one attached hydrogen (secondary N) is 1. The van der Waals surface area contributed by atoms with Gasteiger partial charge in [0.2, 0.25) is 0 Å². The van der Waals surface area contributed by atoms with E-state index >= 15 is 0 Å². The van der Waals surface area contributed by atoms with E-state index in [4.69, 9.17) is 9.47 Å². The van der Waals surface area contributed by atoms with Crippen LogP contribution in [0.4, 0.5) is 0 Å². The van der Waals surface area contributed by atoms with E-state index < -0.39 is 0 Å². The average Bonchev–Trinajstić information content (AvgIpc) is 3.47. The van der Waals surface area contributed by atoms with E-state index in [1.54, 1.807) is 23.0 Å². The molecule has 2 aromatic carbocycles. The molecule has 5 rings (SSSR count). The fraction of sp³-hybridized carbons (Fsp3) is 0.400. The van der Waals surface area contributed by atoms with Crippen molar-refractivity contribution in [1.29, 1.82) is 0 Å². The van der Waals surface area contributed by atoms with Crippen LogP contribution >= 0.6 is 0 Å². The van der Waals surface area contributed by atoms with Gasteiger partial charge < -0.3 is 24.4 Å². The van der Waals surface area contributed by atoms with E-state index in [0.717, 1.165) is 36.1 Å². The van der Waals surface area contributed by atoms with E-state index in [-0.39, 0.29) is 28.8 Å². The van der Waals surface area contributed by atoms with E-state index in [0.29, 0.717) is 50.3 Å². The predicted molar refractivity (Wildman–Crippen MR) is 125 cm³/mol. The van der Waals surface area contributed by atoms with Gasteiger partial charge in [-0.05, 0) is 48.6 Å². The number of H-pyrrole nitrogens is 1. The first-order valence-corrected chi connectivity index (χ1v) is 11.6. The van der Waals surface area contributed by atoms with Gasteiger partial charge in [-0.1, -0.05) is 6.07 Å². The summed E-state index contributed by atoms with van der Waals surface area (Å²) in [6.07, 6.45) is 3.08. The fourth-order valence-electron chi connectivity index (χ4n) is 4.65. The van der Waals surface area contributed by atoms with Crippen LogP contribution in [0.3, 0.4) is 0 Å². The Balaban J connectivity index is 1.37. The number of aromatic amines is 1. The van der Waals surface area contributed by atoms with Crippen molar-refractivity contribution in [1.82, 2.24) is 20.0 Å². The quantitative estimate of drug-likeness (QED) is 0.543. The molecule has 3 heterocycles. The normalized spacial score (nSPS) is 15.6. The third-order valence-electron chi connectivity index (χ3n) is 6.50. The number of hydrogen-bond acceptors (Lipinski definition) is 6. The molecule has 0 atom stereocenters. The van der Waals surface area contributed by atoms with Gasteiger partial charge in [-0.15, -0.1) is 0 Å². The van der Waals surface area contributed by atoms with Gasteiger partial charge in [-0.25, -0.2) is 0 Å². The summed E-state index contributed by atoms with van der Waals surface area (Å²) in [6.45, 7) is 3.22. The van der Waals surface area contributed by atoms with Crippen LogP contribution in [0.25, 0.3) is 10.9 Å². The summed E-state index contributed by atoms with van der Waals surface area (Å²) < 4.78 is 10.7. The molecule has 1 fully saturated rings. The summed E-state index contributed by atoms with van der Waals surface area (Å²) in [6, 6.07) is 8.82. The van der Waals surface area contributed by atoms with Crippen LogP contribution in [-0.2, 0) is 17.8 Å². The molecule has 1 saturated heterocycles. The molecule has 1 aromatic heterocycles. The number of ether oxygens (including phenoxy) is 2. The maximum atomic E-state index is 13.4. The van der Waals surface area contributed by atoms with E-state index in [9.17, 15) is 14.7 Å². The molecule has 3 aromatic rings. The van der Waals surface area contributed by atoms with Gasteiger partial charge >= 0.3 is 0 Å². The fourth-order valence-corrected chi connectivity index (χ4v) is 4.65. The first kappa shape index (κ1) is 22.2. The molecule has 0 radical (unpaired) electrons. The second-order valence-corrected chi connectivity index (χ2v) is 8.77. The number of carbonyl (C=O) groups is 2. The SMILES string of the molecule is COCCOc1ccc2c(c1)CN(C(=O)c1cc3c(C(=O)N4CCCCC4)n[nH]c3cc1O)C2. The zero-order valence-electron chi connectivity index (χ0n) is 19.2. The van der Waals surface area contributed by atoms with Crippen LogP contribution in [0.2, 0.25) is 0 Å². The van der Waals surface area contributed by atoms with Gasteiger partial charge in [0.15, 0.2) is 5.69 Å². The molecule has 0 bridgehead atoms. The number of amides is 2. The minimum atomic E-state index is -0.296. The van der Waals surface area contributed by atoms with Crippen molar-refractivity contribution in [2.24, 2.45) is 0 Å². The van der Waals surface area contributed by atoms with Crippen LogP contribution in [0.15, 0.2) is 30.3 Å². The molecule has 9 heteroatoms. The van der Waals surface area contributed by atoms with Crippen molar-refractivity contribution in [2.75, 3.05) is 33.4 Å². The van der Waals surface area contributed by atoms with Gasteiger partial charge in [0.25, 0.3) is 11.8 Å². The number of phenols is 1. The zero-order valence-corrected chi connectivity index (χ0v) is 19.2. The molecule has 0 aliphatic carbocycles. The van der Waals surface area contributed by atoms with Gasteiger partial charge in [0.1, 0.15) is 18.1 Å². The molecule has 9 nitrogen and oxygen atoms in total. The summed E-state index contributed by atoms with van der Waals surface area (Å²) in [7, 11) is 1.62. The van der Waals surface area contributed by atoms with Crippen LogP contribution < -0.4 is 4.74 Å². The van der Waals surface area contributed by atoms with Crippen LogP contribution in [0.5, 0.6) is 11.5 Å². The largest absolute Gasteiger partial charge is 0.507 e. The molecule has 0 saturated carbocycles. The summed E-state index contributed by atoms with van der Waals surface area (Å²) in [4.78, 5) is 29.9. The second-order valence-electron chi connectivity index (χ2n) is 8.77. The molecule has 0 unspecified atom stereocenters. The number of nitrogens with zero attached hydrogens (tertiary/aromatic N) is 3. The standard InChI is InChI=1S/C25H28N4O5/c1-33-9-10-34-18-6-5-16-14-29(15-17(16)11-18)24(31)20-12-19-21(13-22(20)30)26-27-23(19)25(32)28-7-3-2-4-8-28/h5-6,11-13,30H,2-4,7-10,14-15H2,1H3,(H,26,27). The number of carbonyl (C=O) groups excluding carboxylic acids is 2. The van der Waals surface area contributed by atoms with Gasteiger partial charge in [-0.3, -0.25) is 14.7 Å². The molecule has 2 aliphatic rings. The number of fused-ring (bicyclic) bond motifs is 2. The molecular weight excluding hydrogens is 436 g/mol. The summed E-state index contributed by atoms with van der Waals surface area (Å²) in [5, 5.41) is 18.2. The third-order valence-corrected chi connectivity index (χ3v) is 6.50. The first-order valence-electron chi connectivity index (χ1n) is 11.6. The smallest absolute Gasteiger partial charge is 0.274 e. The lowest BCUT2D eigenvalue weighted by Gasteiger charge is -2.26. The van der Waals surface area contributed by atoms with E-state index in [1.807, 2.05) is 18.2 Å². The number of hydrogen-bond donors (Lipinski definition) is 2. The Morgan fingerprint density at radius 3 is 2.59 bits per heavy atom. The Morgan fingerprint density at radius 1 is 1.00 bits per heavy atom. The van der Waals surface area contributed by atoms with Crippen molar-refractivity contribution >= 4 is 22.7 Å². The Morgan fingerprint density at radius 2 is 1.79 bits per heavy atom. The highest BCUT2D eigenvalue weighted by atomic mass is 16.5. The van der Waals surface area contributed by atoms with Crippen LogP contribution in [0.1, 0.15) is 51.2 Å². The second kappa shape index (κ2) is 9.34. The number of methoxy groups -OCH3 is 1. The maximum Gasteiger partial charge on any atom is 0.274 e. The highest BCUT2D eigenvalue weighted by molar-refractivity contribution is 6.08. The molecule has 2 N–H and O–H groups in total. The molecule has 178 valence electrons. The lowest BCUT2D eigenvalue weighted by molar-refractivity contribution is 0.0717. The summed E-state index contributed by atoms with van der Waals surface area (Å²) >= 11 is 0. The van der Waals surface area contributed by atoms with Crippen molar-refractivity contribution in [2.45, 2.75) is 32.4 Å². The number of benzene rings is 2. The van der Waals surface area contributed by atoms with E-state index in [2.05, 4.69) is 10.2 Å². The van der Waals surface area contributed by atoms with Gasteiger partial charge in [0.05, 0.1) is 17.7 Å². The van der Waals surface area contributed by atoms with Crippen molar-refractivity contribution in [3.05, 3.63) is 52.7 Å². The first-order chi connectivity index (χ1) is 16.5. The molecule has 34 heavy (non-hydrogen) atoms. The highest BCUT2D eigenvalue weighted by Gasteiger charge is 2.29. The lowest BCUT2D eigenvalue weighted by atomic mass is 10.1. The Hall–Kier alpha value is -3.59. The Bertz CT molecular complexity index is 1230. The Labute approximate surface area is 197 Å². The zero-order chi connectivity index (χ0) is 23.7. The Kier molecular flexibility index (Phi) is 6.10. The molecule has 2 amide bonds. The average molecular weight is 465 g/mol. The van der Waals surface area contributed by atoms with Gasteiger partial charge in [0, 0.05) is 44.7 Å². The summed E-state index contributed by atoms with van der Waals surface area (Å²) in [5.74, 6) is 0.144. The monoisotopic (exact) mass is 464 g/mol. The van der Waals surface area contributed by atoms with Crippen molar-refractivity contribution < 1.29 is 24.2 Å². The topological polar surface area (TPSA) is 108 Å². The van der Waals surface area contributed by atoms with Crippen molar-refractivity contribution in [3.8, 4) is 11.5 Å². The number of rotatable bonds is 6. The number of piperidine rings is 1. The minimum absolute atomic E-state index is 0.141.